The van der Waals surface area contributed by atoms with E-state index in [1.165, 1.54) is 0 Å². The summed E-state index contributed by atoms with van der Waals surface area (Å²) in [4.78, 5) is 10.3. The summed E-state index contributed by atoms with van der Waals surface area (Å²) in [5.74, 6) is -0.418. The zero-order valence-corrected chi connectivity index (χ0v) is 8.53. The lowest BCUT2D eigenvalue weighted by Gasteiger charge is -2.07. The number of halogens is 1. The molecule has 0 aromatic heterocycles. The van der Waals surface area contributed by atoms with Crippen molar-refractivity contribution in [2.45, 2.75) is 12.8 Å². The van der Waals surface area contributed by atoms with E-state index in [1.54, 1.807) is 6.07 Å². The summed E-state index contributed by atoms with van der Waals surface area (Å²) >= 11 is 0. The number of carboxylic acid groups (broad SMARTS) is 1. The highest BCUT2D eigenvalue weighted by molar-refractivity contribution is 5.64. The van der Waals surface area contributed by atoms with Crippen LogP contribution in [0.15, 0.2) is 12.1 Å². The molecule has 86 valence electrons. The highest BCUT2D eigenvalue weighted by atomic mass is 19.1. The first-order chi connectivity index (χ1) is 7.56. The van der Waals surface area contributed by atoms with Crippen LogP contribution in [-0.4, -0.2) is 22.9 Å². The van der Waals surface area contributed by atoms with Gasteiger partial charge in [-0.2, -0.15) is 0 Å². The Morgan fingerprint density at radius 1 is 1.50 bits per heavy atom. The molecule has 1 aliphatic rings. The molecule has 0 radical (unpaired) electrons. The number of nitrogens with one attached hydrogen (secondary N) is 1. The zero-order chi connectivity index (χ0) is 11.7. The molecular formula is C11H12FNO3. The maximum Gasteiger partial charge on any atom is 0.404 e. The van der Waals surface area contributed by atoms with Gasteiger partial charge in [-0.25, -0.2) is 9.18 Å². The second-order valence-corrected chi connectivity index (χ2v) is 4.03. The minimum Gasteiger partial charge on any atom is -0.508 e. The van der Waals surface area contributed by atoms with Crippen molar-refractivity contribution >= 4 is 6.09 Å². The van der Waals surface area contributed by atoms with E-state index in [0.29, 0.717) is 24.9 Å². The molecule has 1 aromatic rings. The predicted octanol–water partition coefficient (Wildman–Crippen LogP) is 1.51. The Balaban J connectivity index is 2.09. The van der Waals surface area contributed by atoms with Gasteiger partial charge in [0, 0.05) is 12.6 Å². The number of phenolic OH excluding ortho intramolecular Hbond substituents is 1. The number of carbonyl (C=O) groups is 1. The number of rotatable bonds is 2. The van der Waals surface area contributed by atoms with E-state index in [4.69, 9.17) is 5.11 Å². The molecule has 1 atom stereocenters. The van der Waals surface area contributed by atoms with Gasteiger partial charge in [0.05, 0.1) is 0 Å². The quantitative estimate of drug-likeness (QED) is 0.714. The highest BCUT2D eigenvalue weighted by Gasteiger charge is 2.25. The summed E-state index contributed by atoms with van der Waals surface area (Å²) in [5, 5.41) is 20.0. The molecule has 1 aromatic carbocycles. The smallest absolute Gasteiger partial charge is 0.404 e. The minimum atomic E-state index is -1.07. The molecule has 5 heteroatoms. The Morgan fingerprint density at radius 3 is 2.94 bits per heavy atom. The van der Waals surface area contributed by atoms with Gasteiger partial charge in [-0.1, -0.05) is 0 Å². The van der Waals surface area contributed by atoms with Crippen molar-refractivity contribution in [3.8, 4) is 5.75 Å². The fourth-order valence-corrected chi connectivity index (χ4v) is 2.14. The molecule has 0 spiro atoms. The highest BCUT2D eigenvalue weighted by Crippen LogP contribution is 2.31. The lowest BCUT2D eigenvalue weighted by molar-refractivity contribution is 0.192. The molecule has 1 aliphatic carbocycles. The Labute approximate surface area is 91.7 Å². The van der Waals surface area contributed by atoms with Crippen LogP contribution in [0.3, 0.4) is 0 Å². The van der Waals surface area contributed by atoms with E-state index in [-0.39, 0.29) is 11.7 Å². The molecule has 16 heavy (non-hydrogen) atoms. The second-order valence-electron chi connectivity index (χ2n) is 4.03. The largest absolute Gasteiger partial charge is 0.508 e. The molecular weight excluding hydrogens is 213 g/mol. The van der Waals surface area contributed by atoms with E-state index >= 15 is 0 Å². The van der Waals surface area contributed by atoms with Crippen molar-refractivity contribution in [3.63, 3.8) is 0 Å². The van der Waals surface area contributed by atoms with Gasteiger partial charge in [-0.15, -0.1) is 0 Å². The SMILES string of the molecule is O=C(O)NCC1Cc2cc(O)cc(F)c2C1. The third-order valence-corrected chi connectivity index (χ3v) is 2.82. The molecule has 0 saturated carbocycles. The van der Waals surface area contributed by atoms with Gasteiger partial charge >= 0.3 is 6.09 Å². The van der Waals surface area contributed by atoms with Crippen LogP contribution in [0.2, 0.25) is 0 Å². The molecule has 3 N–H and O–H groups in total. The molecule has 0 fully saturated rings. The average Bonchev–Trinajstić information content (AvgIpc) is 2.57. The summed E-state index contributed by atoms with van der Waals surface area (Å²) in [6, 6.07) is 2.63. The van der Waals surface area contributed by atoms with Crippen LogP contribution < -0.4 is 5.32 Å². The van der Waals surface area contributed by atoms with Crippen LogP contribution in [0, 0.1) is 11.7 Å². The van der Waals surface area contributed by atoms with Crippen molar-refractivity contribution < 1.29 is 19.4 Å². The predicted molar refractivity (Wildman–Crippen MR) is 55.0 cm³/mol. The molecule has 0 heterocycles. The first-order valence-corrected chi connectivity index (χ1v) is 5.03. The Hall–Kier alpha value is -1.78. The lowest BCUT2D eigenvalue weighted by Crippen LogP contribution is -2.27. The van der Waals surface area contributed by atoms with Crippen molar-refractivity contribution in [2.24, 2.45) is 5.92 Å². The normalized spacial score (nSPS) is 18.2. The number of phenols is 1. The topological polar surface area (TPSA) is 69.6 Å². The molecule has 4 nitrogen and oxygen atoms in total. The van der Waals surface area contributed by atoms with E-state index in [2.05, 4.69) is 5.32 Å². The first kappa shape index (κ1) is 10.7. The number of fused-ring (bicyclic) bond motifs is 1. The van der Waals surface area contributed by atoms with Crippen LogP contribution in [-0.2, 0) is 12.8 Å². The fraction of sp³-hybridized carbons (Fsp3) is 0.364. The Bertz CT molecular complexity index is 433. The maximum atomic E-state index is 13.4. The minimum absolute atomic E-state index is 0.0717. The maximum absolute atomic E-state index is 13.4. The standard InChI is InChI=1S/C11H12FNO3/c12-10-4-8(14)3-7-1-6(2-9(7)10)5-13-11(15)16/h3-4,6,13-14H,1-2,5H2,(H,15,16). The zero-order valence-electron chi connectivity index (χ0n) is 8.53. The van der Waals surface area contributed by atoms with E-state index in [9.17, 15) is 14.3 Å². The number of hydrogen-bond donors (Lipinski definition) is 3. The molecule has 1 unspecified atom stereocenters. The van der Waals surface area contributed by atoms with E-state index in [0.717, 1.165) is 11.6 Å². The summed E-state index contributed by atoms with van der Waals surface area (Å²) in [6.07, 6.45) is 0.0436. The second kappa shape index (κ2) is 4.00. The third kappa shape index (κ3) is 2.08. The summed E-state index contributed by atoms with van der Waals surface area (Å²) in [5.41, 5.74) is 1.37. The number of hydrogen-bond acceptors (Lipinski definition) is 2. The van der Waals surface area contributed by atoms with Crippen LogP contribution in [0.25, 0.3) is 0 Å². The summed E-state index contributed by atoms with van der Waals surface area (Å²) in [6.45, 7) is 0.310. The summed E-state index contributed by atoms with van der Waals surface area (Å²) in [7, 11) is 0. The monoisotopic (exact) mass is 225 g/mol. The van der Waals surface area contributed by atoms with Crippen LogP contribution >= 0.6 is 0 Å². The third-order valence-electron chi connectivity index (χ3n) is 2.82. The van der Waals surface area contributed by atoms with E-state index < -0.39 is 11.9 Å². The molecule has 1 amide bonds. The van der Waals surface area contributed by atoms with Gasteiger partial charge in [0.2, 0.25) is 0 Å². The van der Waals surface area contributed by atoms with Crippen LogP contribution in [0.4, 0.5) is 9.18 Å². The van der Waals surface area contributed by atoms with Crippen molar-refractivity contribution in [1.82, 2.24) is 5.32 Å². The van der Waals surface area contributed by atoms with Gasteiger partial charge in [-0.05, 0) is 36.0 Å². The molecule has 0 aliphatic heterocycles. The summed E-state index contributed by atoms with van der Waals surface area (Å²) < 4.78 is 13.4. The number of benzene rings is 1. The molecule has 0 saturated heterocycles. The van der Waals surface area contributed by atoms with E-state index in [1.807, 2.05) is 0 Å². The fourth-order valence-electron chi connectivity index (χ4n) is 2.14. The van der Waals surface area contributed by atoms with Crippen molar-refractivity contribution in [1.29, 1.82) is 0 Å². The number of aromatic hydroxyl groups is 1. The lowest BCUT2D eigenvalue weighted by atomic mass is 10.1. The van der Waals surface area contributed by atoms with Crippen molar-refractivity contribution in [3.05, 3.63) is 29.1 Å². The van der Waals surface area contributed by atoms with Crippen molar-refractivity contribution in [2.75, 3.05) is 6.54 Å². The van der Waals surface area contributed by atoms with Gasteiger partial charge in [0.25, 0.3) is 0 Å². The molecule has 0 bridgehead atoms. The average molecular weight is 225 g/mol. The first-order valence-electron chi connectivity index (χ1n) is 5.03. The Morgan fingerprint density at radius 2 is 2.25 bits per heavy atom. The Kier molecular flexibility index (Phi) is 2.68. The van der Waals surface area contributed by atoms with Gasteiger partial charge in [0.1, 0.15) is 11.6 Å². The van der Waals surface area contributed by atoms with Gasteiger partial charge in [-0.3, -0.25) is 0 Å². The molecule has 2 rings (SSSR count). The number of amides is 1. The van der Waals surface area contributed by atoms with Gasteiger partial charge in [0.15, 0.2) is 0 Å². The van der Waals surface area contributed by atoms with Gasteiger partial charge < -0.3 is 15.5 Å². The van der Waals surface area contributed by atoms with Crippen LogP contribution in [0.5, 0.6) is 5.75 Å². The van der Waals surface area contributed by atoms with Crippen LogP contribution in [0.1, 0.15) is 11.1 Å².